The Hall–Kier alpha value is -1.85. The summed E-state index contributed by atoms with van der Waals surface area (Å²) in [7, 11) is 0. The van der Waals surface area contributed by atoms with E-state index < -0.39 is 0 Å². The second kappa shape index (κ2) is 8.26. The van der Waals surface area contributed by atoms with E-state index in [4.69, 9.17) is 4.52 Å². The maximum absolute atomic E-state index is 12.9. The summed E-state index contributed by atoms with van der Waals surface area (Å²) in [5, 5.41) is 3.96. The van der Waals surface area contributed by atoms with E-state index in [1.165, 1.54) is 32.1 Å². The van der Waals surface area contributed by atoms with Gasteiger partial charge < -0.3 is 14.3 Å². The van der Waals surface area contributed by atoms with Gasteiger partial charge in [-0.15, -0.1) is 0 Å². The zero-order chi connectivity index (χ0) is 19.7. The third kappa shape index (κ3) is 3.96. The Morgan fingerprint density at radius 3 is 2.39 bits per heavy atom. The zero-order valence-corrected chi connectivity index (χ0v) is 17.2. The molecule has 4 rings (SSSR count). The van der Waals surface area contributed by atoms with Crippen LogP contribution in [0.3, 0.4) is 0 Å². The Balaban J connectivity index is 1.31. The van der Waals surface area contributed by atoms with E-state index in [0.717, 1.165) is 43.2 Å². The summed E-state index contributed by atoms with van der Waals surface area (Å²) in [6.07, 6.45) is 9.29. The average Bonchev–Trinajstić information content (AvgIpc) is 3.33. The number of aromatic nitrogens is 1. The Morgan fingerprint density at radius 1 is 1.04 bits per heavy atom. The lowest BCUT2D eigenvalue weighted by Crippen LogP contribution is -2.48. The maximum Gasteiger partial charge on any atom is 0.312 e. The highest BCUT2D eigenvalue weighted by Crippen LogP contribution is 2.37. The van der Waals surface area contributed by atoms with Gasteiger partial charge in [0, 0.05) is 37.7 Å². The summed E-state index contributed by atoms with van der Waals surface area (Å²) in [5.41, 5.74) is 0.888. The molecular formula is C22H33N3O3. The minimum absolute atomic E-state index is 0.179. The van der Waals surface area contributed by atoms with Gasteiger partial charge in [0.2, 0.25) is 0 Å². The lowest BCUT2D eigenvalue weighted by Gasteiger charge is -2.32. The van der Waals surface area contributed by atoms with Crippen molar-refractivity contribution in [1.82, 2.24) is 15.0 Å². The van der Waals surface area contributed by atoms with Crippen molar-refractivity contribution in [2.45, 2.75) is 77.2 Å². The number of aryl methyl sites for hydroxylation is 1. The first kappa shape index (κ1) is 19.5. The lowest BCUT2D eigenvalue weighted by molar-refractivity contribution is -0.153. The smallest absolute Gasteiger partial charge is 0.312 e. The summed E-state index contributed by atoms with van der Waals surface area (Å²) >= 11 is 0. The van der Waals surface area contributed by atoms with Crippen LogP contribution >= 0.6 is 0 Å². The summed E-state index contributed by atoms with van der Waals surface area (Å²) in [5.74, 6) is 1.90. The summed E-state index contributed by atoms with van der Waals surface area (Å²) in [4.78, 5) is 29.4. The van der Waals surface area contributed by atoms with Crippen LogP contribution in [0.15, 0.2) is 10.6 Å². The Kier molecular flexibility index (Phi) is 5.74. The average molecular weight is 388 g/mol. The van der Waals surface area contributed by atoms with Crippen LogP contribution in [0.1, 0.15) is 75.7 Å². The highest BCUT2D eigenvalue weighted by atomic mass is 16.5. The van der Waals surface area contributed by atoms with Crippen LogP contribution in [-0.2, 0) is 9.59 Å². The number of rotatable bonds is 2. The third-order valence-electron chi connectivity index (χ3n) is 7.20. The molecule has 0 bridgehead atoms. The van der Waals surface area contributed by atoms with Gasteiger partial charge in [-0.25, -0.2) is 0 Å². The molecule has 6 nitrogen and oxygen atoms in total. The first-order valence-electron chi connectivity index (χ1n) is 11.1. The van der Waals surface area contributed by atoms with E-state index in [1.54, 1.807) is 4.90 Å². The number of nitrogens with zero attached hydrogens (tertiary/aromatic N) is 3. The van der Waals surface area contributed by atoms with Crippen molar-refractivity contribution >= 4 is 11.8 Å². The van der Waals surface area contributed by atoms with Crippen LogP contribution in [0.4, 0.5) is 0 Å². The van der Waals surface area contributed by atoms with Crippen LogP contribution in [0.5, 0.6) is 0 Å². The van der Waals surface area contributed by atoms with Crippen LogP contribution in [-0.4, -0.2) is 52.4 Å². The van der Waals surface area contributed by atoms with Gasteiger partial charge in [0.1, 0.15) is 5.76 Å². The molecule has 0 N–H and O–H groups in total. The third-order valence-corrected chi connectivity index (χ3v) is 7.20. The molecule has 28 heavy (non-hydrogen) atoms. The van der Waals surface area contributed by atoms with Gasteiger partial charge in [0.05, 0.1) is 5.69 Å². The number of amides is 2. The van der Waals surface area contributed by atoms with E-state index in [0.29, 0.717) is 24.9 Å². The Bertz CT molecular complexity index is 702. The molecule has 0 aromatic carbocycles. The van der Waals surface area contributed by atoms with Crippen molar-refractivity contribution in [3.8, 4) is 0 Å². The normalized spacial score (nSPS) is 27.4. The molecular weight excluding hydrogens is 354 g/mol. The summed E-state index contributed by atoms with van der Waals surface area (Å²) in [6.45, 7) is 6.02. The fourth-order valence-electron chi connectivity index (χ4n) is 5.50. The Labute approximate surface area is 167 Å². The SMILES string of the molecule is Cc1cc(C2CCN(C(=O)C(=O)N3CC(C4CCCCC4)CC3C)CC2)on1. The molecule has 6 heteroatoms. The van der Waals surface area contributed by atoms with Crippen molar-refractivity contribution < 1.29 is 14.1 Å². The van der Waals surface area contributed by atoms with Crippen molar-refractivity contribution in [2.24, 2.45) is 11.8 Å². The van der Waals surface area contributed by atoms with Crippen molar-refractivity contribution in [1.29, 1.82) is 0 Å². The van der Waals surface area contributed by atoms with Crippen LogP contribution < -0.4 is 0 Å². The molecule has 2 aliphatic heterocycles. The largest absolute Gasteiger partial charge is 0.361 e. The van der Waals surface area contributed by atoms with Crippen LogP contribution in [0.25, 0.3) is 0 Å². The topological polar surface area (TPSA) is 66.7 Å². The number of likely N-dealkylation sites (tertiary alicyclic amines) is 2. The minimum atomic E-state index is -0.316. The maximum atomic E-state index is 12.9. The van der Waals surface area contributed by atoms with E-state index in [-0.39, 0.29) is 17.9 Å². The molecule has 2 saturated heterocycles. The van der Waals surface area contributed by atoms with Gasteiger partial charge in [-0.3, -0.25) is 9.59 Å². The molecule has 2 amide bonds. The number of carbonyl (C=O) groups is 2. The zero-order valence-electron chi connectivity index (χ0n) is 17.2. The fraction of sp³-hybridized carbons (Fsp3) is 0.773. The van der Waals surface area contributed by atoms with E-state index in [2.05, 4.69) is 12.1 Å². The highest BCUT2D eigenvalue weighted by molar-refractivity contribution is 6.35. The van der Waals surface area contributed by atoms with Crippen molar-refractivity contribution in [2.75, 3.05) is 19.6 Å². The monoisotopic (exact) mass is 387 g/mol. The first-order valence-corrected chi connectivity index (χ1v) is 11.1. The van der Waals surface area contributed by atoms with Gasteiger partial charge >= 0.3 is 11.8 Å². The summed E-state index contributed by atoms with van der Waals surface area (Å²) in [6, 6.07) is 2.16. The first-order chi connectivity index (χ1) is 13.5. The quantitative estimate of drug-likeness (QED) is 0.729. The van der Waals surface area contributed by atoms with Crippen LogP contribution in [0.2, 0.25) is 0 Å². The molecule has 3 heterocycles. The number of hydrogen-bond acceptors (Lipinski definition) is 4. The highest BCUT2D eigenvalue weighted by Gasteiger charge is 2.40. The number of piperidine rings is 1. The molecule has 2 atom stereocenters. The predicted molar refractivity (Wildman–Crippen MR) is 106 cm³/mol. The molecule has 1 aromatic heterocycles. The second-order valence-corrected chi connectivity index (χ2v) is 9.14. The molecule has 1 saturated carbocycles. The molecule has 2 unspecified atom stereocenters. The molecule has 0 radical (unpaired) electrons. The summed E-state index contributed by atoms with van der Waals surface area (Å²) < 4.78 is 5.38. The molecule has 1 aromatic rings. The van der Waals surface area contributed by atoms with Gasteiger partial charge in [0.15, 0.2) is 0 Å². The van der Waals surface area contributed by atoms with Crippen molar-refractivity contribution in [3.63, 3.8) is 0 Å². The molecule has 154 valence electrons. The van der Waals surface area contributed by atoms with Gasteiger partial charge in [-0.05, 0) is 44.9 Å². The number of hydrogen-bond donors (Lipinski definition) is 0. The van der Waals surface area contributed by atoms with Crippen molar-refractivity contribution in [3.05, 3.63) is 17.5 Å². The Morgan fingerprint density at radius 2 is 1.75 bits per heavy atom. The molecule has 0 spiro atoms. The molecule has 3 fully saturated rings. The van der Waals surface area contributed by atoms with Gasteiger partial charge in [-0.2, -0.15) is 0 Å². The van der Waals surface area contributed by atoms with Crippen LogP contribution in [0, 0.1) is 18.8 Å². The fourth-order valence-corrected chi connectivity index (χ4v) is 5.50. The predicted octanol–water partition coefficient (Wildman–Crippen LogP) is 3.51. The second-order valence-electron chi connectivity index (χ2n) is 9.14. The van der Waals surface area contributed by atoms with E-state index in [1.807, 2.05) is 17.9 Å². The van der Waals surface area contributed by atoms with E-state index >= 15 is 0 Å². The van der Waals surface area contributed by atoms with Gasteiger partial charge in [-0.1, -0.05) is 37.3 Å². The standard InChI is InChI=1S/C22H33N3O3/c1-15-12-20(28-23-15)18-8-10-24(11-9-18)21(26)22(27)25-14-19(13-16(25)2)17-6-4-3-5-7-17/h12,16-19H,3-11,13-14H2,1-2H3. The molecule has 3 aliphatic rings. The van der Waals surface area contributed by atoms with E-state index in [9.17, 15) is 9.59 Å². The minimum Gasteiger partial charge on any atom is -0.361 e. The lowest BCUT2D eigenvalue weighted by atomic mass is 9.79. The molecule has 1 aliphatic carbocycles. The van der Waals surface area contributed by atoms with Gasteiger partial charge in [0.25, 0.3) is 0 Å². The number of carbonyl (C=O) groups excluding carboxylic acids is 2.